The van der Waals surface area contributed by atoms with Crippen LogP contribution >= 0.6 is 0 Å². The Morgan fingerprint density at radius 2 is 1.94 bits per heavy atom. The summed E-state index contributed by atoms with van der Waals surface area (Å²) < 4.78 is 44.0. The molecular weight excluding hydrogens is 465 g/mol. The van der Waals surface area contributed by atoms with Crippen LogP contribution in [0.4, 0.5) is 24.9 Å². The number of aliphatic hydroxyl groups excluding tert-OH is 1. The molecule has 1 aromatic carbocycles. The molecule has 35 heavy (non-hydrogen) atoms. The number of aromatic nitrogens is 3. The summed E-state index contributed by atoms with van der Waals surface area (Å²) in [5, 5.41) is 26.3. The highest BCUT2D eigenvalue weighted by Crippen LogP contribution is 2.35. The van der Waals surface area contributed by atoms with Crippen LogP contribution in [-0.4, -0.2) is 57.6 Å². The average molecular weight is 493 g/mol. The van der Waals surface area contributed by atoms with Crippen LogP contribution in [0, 0.1) is 6.92 Å². The van der Waals surface area contributed by atoms with E-state index in [-0.39, 0.29) is 30.8 Å². The zero-order valence-corrected chi connectivity index (χ0v) is 19.7. The number of alkyl halides is 3. The summed E-state index contributed by atoms with van der Waals surface area (Å²) in [5.74, 6) is -0.159. The number of β-amino-alcohol motifs (C(OH)–C–C–N with tert-alkyl or cyclic N) is 1. The molecule has 1 fully saturated rings. The number of piperidine rings is 1. The van der Waals surface area contributed by atoms with Gasteiger partial charge in [0.15, 0.2) is 0 Å². The molecule has 2 unspecified atom stereocenters. The van der Waals surface area contributed by atoms with Crippen molar-refractivity contribution in [1.29, 1.82) is 0 Å². The zero-order valence-electron chi connectivity index (χ0n) is 19.7. The molecule has 3 heterocycles. The van der Waals surface area contributed by atoms with E-state index in [2.05, 4.69) is 26.1 Å². The monoisotopic (exact) mass is 492 g/mol. The van der Waals surface area contributed by atoms with Crippen molar-refractivity contribution < 1.29 is 27.5 Å². The lowest BCUT2D eigenvalue weighted by atomic mass is 9.84. The maximum Gasteiger partial charge on any atom is 0.405 e. The van der Waals surface area contributed by atoms with Crippen LogP contribution in [-0.2, 0) is 10.2 Å². The lowest BCUT2D eigenvalue weighted by Crippen LogP contribution is -2.50. The smallest absolute Gasteiger partial charge is 0.402 e. The van der Waals surface area contributed by atoms with Crippen LogP contribution in [0.3, 0.4) is 0 Å². The maximum absolute atomic E-state index is 12.8. The maximum atomic E-state index is 12.8. The van der Waals surface area contributed by atoms with E-state index in [0.29, 0.717) is 22.3 Å². The minimum atomic E-state index is -4.34. The fraction of sp³-hybridized carbons (Fsp3) is 0.478. The van der Waals surface area contributed by atoms with E-state index in [4.69, 9.17) is 9.40 Å². The van der Waals surface area contributed by atoms with Gasteiger partial charge < -0.3 is 25.5 Å². The molecule has 1 aliphatic heterocycles. The Balaban J connectivity index is 1.69. The van der Waals surface area contributed by atoms with Gasteiger partial charge in [-0.15, -0.1) is 5.10 Å². The number of rotatable bonds is 5. The van der Waals surface area contributed by atoms with E-state index in [0.717, 1.165) is 11.1 Å². The van der Waals surface area contributed by atoms with Gasteiger partial charge in [0.05, 0.1) is 11.6 Å². The molecule has 9 nitrogen and oxygen atoms in total. The highest BCUT2D eigenvalue weighted by molar-refractivity contribution is 5.91. The number of hydrogen-bond donors (Lipinski definition) is 4. The average Bonchev–Trinajstić information content (AvgIpc) is 3.22. The summed E-state index contributed by atoms with van der Waals surface area (Å²) in [6.07, 6.45) is -4.81. The molecular formula is C23H27F3N6O3. The molecule has 2 aromatic heterocycles. The van der Waals surface area contributed by atoms with Gasteiger partial charge in [0.1, 0.15) is 18.3 Å². The lowest BCUT2D eigenvalue weighted by molar-refractivity contribution is -0.125. The molecule has 1 amide bonds. The minimum Gasteiger partial charge on any atom is -0.402 e. The number of aryl methyl sites for hydroxylation is 1. The first-order chi connectivity index (χ1) is 16.3. The Bertz CT molecular complexity index is 1250. The number of benzene rings is 1. The standard InChI is InChI=1S/C23H27F3N6O3/c1-11-5-17(20-31-32-21(35-20)30-16-8-13(33)9-27-19(16)34)29-18-14(11)6-12(28-10-23(24,25)26)7-15(18)22(2,3)4/h5-7,13,16,28,33H,8-10H2,1-4H3,(H,27,34)(H,30,32). The molecule has 0 bridgehead atoms. The summed E-state index contributed by atoms with van der Waals surface area (Å²) in [7, 11) is 0. The molecule has 0 aliphatic carbocycles. The number of nitrogens with zero attached hydrogens (tertiary/aromatic N) is 3. The fourth-order valence-electron chi connectivity index (χ4n) is 3.94. The second-order valence-electron chi connectivity index (χ2n) is 9.71. The van der Waals surface area contributed by atoms with E-state index in [9.17, 15) is 23.1 Å². The molecule has 1 aliphatic rings. The van der Waals surface area contributed by atoms with Gasteiger partial charge in [-0.25, -0.2) is 4.98 Å². The number of fused-ring (bicyclic) bond motifs is 1. The highest BCUT2D eigenvalue weighted by Gasteiger charge is 2.30. The summed E-state index contributed by atoms with van der Waals surface area (Å²) in [6.45, 7) is 6.75. The first kappa shape index (κ1) is 24.7. The van der Waals surface area contributed by atoms with Crippen molar-refractivity contribution in [3.63, 3.8) is 0 Å². The quantitative estimate of drug-likeness (QED) is 0.426. The highest BCUT2D eigenvalue weighted by atomic mass is 19.4. The van der Waals surface area contributed by atoms with Gasteiger partial charge in [0, 0.05) is 24.0 Å². The number of pyridine rings is 1. The van der Waals surface area contributed by atoms with Gasteiger partial charge in [-0.05, 0) is 41.7 Å². The second kappa shape index (κ2) is 8.99. The third-order valence-corrected chi connectivity index (χ3v) is 5.70. The largest absolute Gasteiger partial charge is 0.405 e. The topological polar surface area (TPSA) is 125 Å². The first-order valence-corrected chi connectivity index (χ1v) is 11.1. The van der Waals surface area contributed by atoms with Gasteiger partial charge in [-0.1, -0.05) is 25.9 Å². The summed E-state index contributed by atoms with van der Waals surface area (Å²) in [6, 6.07) is 4.34. The predicted octanol–water partition coefficient (Wildman–Crippen LogP) is 3.53. The lowest BCUT2D eigenvalue weighted by Gasteiger charge is -2.25. The molecule has 1 saturated heterocycles. The summed E-state index contributed by atoms with van der Waals surface area (Å²) in [5.41, 5.74) is 2.49. The molecule has 0 saturated carbocycles. The van der Waals surface area contributed by atoms with Crippen LogP contribution in [0.25, 0.3) is 22.5 Å². The molecule has 3 aromatic rings. The van der Waals surface area contributed by atoms with Crippen molar-refractivity contribution in [3.8, 4) is 11.6 Å². The van der Waals surface area contributed by atoms with Crippen LogP contribution in [0.15, 0.2) is 22.6 Å². The van der Waals surface area contributed by atoms with E-state index >= 15 is 0 Å². The van der Waals surface area contributed by atoms with E-state index in [1.807, 2.05) is 27.7 Å². The Hall–Kier alpha value is -3.41. The van der Waals surface area contributed by atoms with Crippen molar-refractivity contribution in [3.05, 3.63) is 29.3 Å². The number of halogens is 3. The van der Waals surface area contributed by atoms with Crippen LogP contribution in [0.2, 0.25) is 0 Å². The van der Waals surface area contributed by atoms with Crippen molar-refractivity contribution in [2.24, 2.45) is 0 Å². The van der Waals surface area contributed by atoms with E-state index in [1.54, 1.807) is 18.2 Å². The second-order valence-corrected chi connectivity index (χ2v) is 9.71. The van der Waals surface area contributed by atoms with Crippen molar-refractivity contribution >= 4 is 28.5 Å². The van der Waals surface area contributed by atoms with Crippen molar-refractivity contribution in [2.75, 3.05) is 23.7 Å². The number of aliphatic hydroxyl groups is 1. The SMILES string of the molecule is Cc1cc(-c2nnc(NC3CC(O)CNC3=O)o2)nc2c(C(C)(C)C)cc(NCC(F)(F)F)cc12. The molecule has 12 heteroatoms. The first-order valence-electron chi connectivity index (χ1n) is 11.1. The van der Waals surface area contributed by atoms with Crippen molar-refractivity contribution in [2.45, 2.75) is 57.9 Å². The number of anilines is 2. The summed E-state index contributed by atoms with van der Waals surface area (Å²) in [4.78, 5) is 16.7. The van der Waals surface area contributed by atoms with Gasteiger partial charge in [0.2, 0.25) is 5.91 Å². The van der Waals surface area contributed by atoms with Gasteiger partial charge in [0.25, 0.3) is 5.89 Å². The number of carbonyl (C=O) groups excluding carboxylic acids is 1. The number of hydrogen-bond acceptors (Lipinski definition) is 8. The third kappa shape index (κ3) is 5.64. The Kier molecular flexibility index (Phi) is 6.34. The molecule has 0 radical (unpaired) electrons. The Morgan fingerprint density at radius 1 is 1.20 bits per heavy atom. The zero-order chi connectivity index (χ0) is 25.5. The normalized spacial score (nSPS) is 19.0. The van der Waals surface area contributed by atoms with Crippen LogP contribution < -0.4 is 16.0 Å². The molecule has 4 N–H and O–H groups in total. The van der Waals surface area contributed by atoms with E-state index in [1.165, 1.54) is 0 Å². The summed E-state index contributed by atoms with van der Waals surface area (Å²) >= 11 is 0. The van der Waals surface area contributed by atoms with Gasteiger partial charge in [-0.2, -0.15) is 13.2 Å². The number of nitrogens with one attached hydrogen (secondary N) is 3. The number of carbonyl (C=O) groups is 1. The predicted molar refractivity (Wildman–Crippen MR) is 124 cm³/mol. The molecule has 4 rings (SSSR count). The molecule has 2 atom stereocenters. The molecule has 188 valence electrons. The fourth-order valence-corrected chi connectivity index (χ4v) is 3.94. The molecule has 0 spiro atoms. The van der Waals surface area contributed by atoms with Crippen molar-refractivity contribution in [1.82, 2.24) is 20.5 Å². The third-order valence-electron chi connectivity index (χ3n) is 5.70. The van der Waals surface area contributed by atoms with Gasteiger partial charge in [-0.3, -0.25) is 4.79 Å². The van der Waals surface area contributed by atoms with Gasteiger partial charge >= 0.3 is 12.2 Å². The van der Waals surface area contributed by atoms with Crippen LogP contribution in [0.1, 0.15) is 38.3 Å². The minimum absolute atomic E-state index is 0.0107. The van der Waals surface area contributed by atoms with Crippen LogP contribution in [0.5, 0.6) is 0 Å². The number of amides is 1. The Labute approximate surface area is 199 Å². The Morgan fingerprint density at radius 3 is 2.63 bits per heavy atom. The van der Waals surface area contributed by atoms with E-state index < -0.39 is 30.3 Å².